The van der Waals surface area contributed by atoms with E-state index in [1.807, 2.05) is 24.3 Å². The van der Waals surface area contributed by atoms with E-state index in [2.05, 4.69) is 21.2 Å². The summed E-state index contributed by atoms with van der Waals surface area (Å²) in [6, 6.07) is 14.5. The summed E-state index contributed by atoms with van der Waals surface area (Å²) in [5.74, 6) is 0.558. The lowest BCUT2D eigenvalue weighted by Gasteiger charge is -2.08. The minimum absolute atomic E-state index is 0.156. The van der Waals surface area contributed by atoms with Gasteiger partial charge in [0.2, 0.25) is 0 Å². The van der Waals surface area contributed by atoms with Crippen molar-refractivity contribution in [3.63, 3.8) is 0 Å². The van der Waals surface area contributed by atoms with Crippen molar-refractivity contribution in [2.45, 2.75) is 0 Å². The van der Waals surface area contributed by atoms with E-state index < -0.39 is 0 Å². The van der Waals surface area contributed by atoms with Crippen LogP contribution in [0, 0.1) is 0 Å². The summed E-state index contributed by atoms with van der Waals surface area (Å²) in [5.41, 5.74) is 1.32. The van der Waals surface area contributed by atoms with Crippen molar-refractivity contribution >= 4 is 27.5 Å². The van der Waals surface area contributed by atoms with E-state index in [1.54, 1.807) is 31.4 Å². The van der Waals surface area contributed by atoms with Crippen LogP contribution in [0.2, 0.25) is 0 Å². The van der Waals surface area contributed by atoms with Crippen LogP contribution < -0.4 is 10.1 Å². The highest BCUT2D eigenvalue weighted by Gasteiger charge is 2.06. The van der Waals surface area contributed by atoms with E-state index >= 15 is 0 Å². The van der Waals surface area contributed by atoms with Gasteiger partial charge in [-0.2, -0.15) is 0 Å². The van der Waals surface area contributed by atoms with Crippen LogP contribution in [-0.2, 0) is 4.74 Å². The first kappa shape index (κ1) is 15.5. The molecule has 0 aliphatic heterocycles. The second kappa shape index (κ2) is 7.81. The number of methoxy groups -OCH3 is 1. The Hall–Kier alpha value is -1.85. The molecule has 0 aromatic heterocycles. The van der Waals surface area contributed by atoms with E-state index in [1.165, 1.54) is 0 Å². The third-order valence-corrected chi connectivity index (χ3v) is 3.25. The average molecular weight is 350 g/mol. The smallest absolute Gasteiger partial charge is 0.255 e. The van der Waals surface area contributed by atoms with Crippen molar-refractivity contribution in [1.82, 2.24) is 0 Å². The molecule has 0 fully saturated rings. The number of halogens is 1. The van der Waals surface area contributed by atoms with Gasteiger partial charge in [0.05, 0.1) is 6.61 Å². The van der Waals surface area contributed by atoms with Crippen LogP contribution in [0.1, 0.15) is 10.4 Å². The molecule has 0 radical (unpaired) electrons. The molecular weight excluding hydrogens is 334 g/mol. The molecule has 1 amide bonds. The minimum Gasteiger partial charge on any atom is -0.491 e. The number of amides is 1. The molecule has 1 N–H and O–H groups in total. The first-order chi connectivity index (χ1) is 10.2. The number of anilines is 1. The Morgan fingerprint density at radius 1 is 1.14 bits per heavy atom. The number of ether oxygens (including phenoxy) is 2. The zero-order chi connectivity index (χ0) is 15.1. The lowest BCUT2D eigenvalue weighted by molar-refractivity contribution is 0.102. The molecule has 21 heavy (non-hydrogen) atoms. The third-order valence-electron chi connectivity index (χ3n) is 2.76. The van der Waals surface area contributed by atoms with Crippen LogP contribution in [0.5, 0.6) is 5.75 Å². The molecule has 0 saturated carbocycles. The fourth-order valence-electron chi connectivity index (χ4n) is 1.71. The molecule has 4 nitrogen and oxygen atoms in total. The summed E-state index contributed by atoms with van der Waals surface area (Å²) in [4.78, 5) is 12.1. The van der Waals surface area contributed by atoms with E-state index in [0.717, 1.165) is 10.2 Å². The SMILES string of the molecule is COCCOc1ccc(C(=O)Nc2cccc(Br)c2)cc1. The summed E-state index contributed by atoms with van der Waals surface area (Å²) in [6.45, 7) is 1.02. The topological polar surface area (TPSA) is 47.6 Å². The van der Waals surface area contributed by atoms with Gasteiger partial charge in [-0.25, -0.2) is 0 Å². The molecule has 0 aliphatic carbocycles. The zero-order valence-electron chi connectivity index (χ0n) is 11.6. The Balaban J connectivity index is 1.96. The van der Waals surface area contributed by atoms with Crippen molar-refractivity contribution in [3.05, 3.63) is 58.6 Å². The molecule has 2 aromatic carbocycles. The van der Waals surface area contributed by atoms with Crippen molar-refractivity contribution < 1.29 is 14.3 Å². The van der Waals surface area contributed by atoms with Crippen LogP contribution in [0.4, 0.5) is 5.69 Å². The molecular formula is C16H16BrNO3. The van der Waals surface area contributed by atoms with E-state index in [-0.39, 0.29) is 5.91 Å². The Kier molecular flexibility index (Phi) is 5.78. The summed E-state index contributed by atoms with van der Waals surface area (Å²) in [7, 11) is 1.62. The van der Waals surface area contributed by atoms with Gasteiger partial charge in [0.25, 0.3) is 5.91 Å². The number of rotatable bonds is 6. The number of hydrogen-bond donors (Lipinski definition) is 1. The van der Waals surface area contributed by atoms with Crippen LogP contribution in [0.3, 0.4) is 0 Å². The fraction of sp³-hybridized carbons (Fsp3) is 0.188. The Morgan fingerprint density at radius 3 is 2.57 bits per heavy atom. The van der Waals surface area contributed by atoms with Crippen LogP contribution >= 0.6 is 15.9 Å². The average Bonchev–Trinajstić information content (AvgIpc) is 2.48. The Labute approximate surface area is 132 Å². The number of benzene rings is 2. The number of carbonyl (C=O) groups is 1. The van der Waals surface area contributed by atoms with Crippen LogP contribution in [0.15, 0.2) is 53.0 Å². The van der Waals surface area contributed by atoms with Crippen molar-refractivity contribution in [3.8, 4) is 5.75 Å². The van der Waals surface area contributed by atoms with E-state index in [4.69, 9.17) is 9.47 Å². The van der Waals surface area contributed by atoms with Gasteiger partial charge in [-0.3, -0.25) is 4.79 Å². The standard InChI is InChI=1S/C16H16BrNO3/c1-20-9-10-21-15-7-5-12(6-8-15)16(19)18-14-4-2-3-13(17)11-14/h2-8,11H,9-10H2,1H3,(H,18,19). The molecule has 0 saturated heterocycles. The summed E-state index contributed by atoms with van der Waals surface area (Å²) < 4.78 is 11.3. The van der Waals surface area contributed by atoms with Gasteiger partial charge >= 0.3 is 0 Å². The van der Waals surface area contributed by atoms with E-state index in [9.17, 15) is 4.79 Å². The van der Waals surface area contributed by atoms with Gasteiger partial charge in [-0.05, 0) is 42.5 Å². The largest absolute Gasteiger partial charge is 0.491 e. The Bertz CT molecular complexity index is 599. The summed E-state index contributed by atoms with van der Waals surface area (Å²) in [6.07, 6.45) is 0. The Morgan fingerprint density at radius 2 is 1.90 bits per heavy atom. The van der Waals surface area contributed by atoms with E-state index in [0.29, 0.717) is 24.5 Å². The monoisotopic (exact) mass is 349 g/mol. The van der Waals surface area contributed by atoms with Crippen LogP contribution in [-0.4, -0.2) is 26.2 Å². The fourth-order valence-corrected chi connectivity index (χ4v) is 2.11. The number of nitrogens with one attached hydrogen (secondary N) is 1. The first-order valence-corrected chi connectivity index (χ1v) is 7.27. The van der Waals surface area contributed by atoms with Gasteiger partial charge < -0.3 is 14.8 Å². The maximum atomic E-state index is 12.1. The predicted molar refractivity (Wildman–Crippen MR) is 85.9 cm³/mol. The highest BCUT2D eigenvalue weighted by molar-refractivity contribution is 9.10. The van der Waals surface area contributed by atoms with Crippen LogP contribution in [0.25, 0.3) is 0 Å². The molecule has 0 unspecified atom stereocenters. The van der Waals surface area contributed by atoms with Gasteiger partial charge in [-0.15, -0.1) is 0 Å². The van der Waals surface area contributed by atoms with Gasteiger partial charge in [0.15, 0.2) is 0 Å². The molecule has 0 atom stereocenters. The molecule has 0 heterocycles. The highest BCUT2D eigenvalue weighted by atomic mass is 79.9. The normalized spacial score (nSPS) is 10.2. The summed E-state index contributed by atoms with van der Waals surface area (Å²) >= 11 is 3.37. The van der Waals surface area contributed by atoms with Gasteiger partial charge in [-0.1, -0.05) is 22.0 Å². The summed E-state index contributed by atoms with van der Waals surface area (Å²) in [5, 5.41) is 2.84. The molecule has 2 aromatic rings. The van der Waals surface area contributed by atoms with Crippen molar-refractivity contribution in [1.29, 1.82) is 0 Å². The molecule has 2 rings (SSSR count). The highest BCUT2D eigenvalue weighted by Crippen LogP contribution is 2.17. The quantitative estimate of drug-likeness (QED) is 0.808. The number of carbonyl (C=O) groups excluding carboxylic acids is 1. The minimum atomic E-state index is -0.156. The molecule has 0 spiro atoms. The van der Waals surface area contributed by atoms with Gasteiger partial charge in [0.1, 0.15) is 12.4 Å². The predicted octanol–water partition coefficient (Wildman–Crippen LogP) is 3.73. The second-order valence-electron chi connectivity index (χ2n) is 4.33. The molecule has 110 valence electrons. The van der Waals surface area contributed by atoms with Crippen molar-refractivity contribution in [2.24, 2.45) is 0 Å². The zero-order valence-corrected chi connectivity index (χ0v) is 13.2. The third kappa shape index (κ3) is 4.88. The maximum absolute atomic E-state index is 12.1. The molecule has 5 heteroatoms. The second-order valence-corrected chi connectivity index (χ2v) is 5.25. The maximum Gasteiger partial charge on any atom is 0.255 e. The molecule has 0 aliphatic rings. The van der Waals surface area contributed by atoms with Gasteiger partial charge in [0, 0.05) is 22.8 Å². The first-order valence-electron chi connectivity index (χ1n) is 6.48. The molecule has 0 bridgehead atoms. The lowest BCUT2D eigenvalue weighted by Crippen LogP contribution is -2.11. The number of hydrogen-bond acceptors (Lipinski definition) is 3. The lowest BCUT2D eigenvalue weighted by atomic mass is 10.2. The van der Waals surface area contributed by atoms with Crippen molar-refractivity contribution in [2.75, 3.05) is 25.6 Å².